The van der Waals surface area contributed by atoms with E-state index in [-0.39, 0.29) is 0 Å². The topological polar surface area (TPSA) is 53.4 Å². The van der Waals surface area contributed by atoms with Crippen LogP contribution in [0.1, 0.15) is 18.9 Å². The van der Waals surface area contributed by atoms with Gasteiger partial charge in [-0.2, -0.15) is 0 Å². The largest absolute Gasteiger partial charge is 0.481 e. The Morgan fingerprint density at radius 3 is 2.88 bits per heavy atom. The maximum absolute atomic E-state index is 11.2. The van der Waals surface area contributed by atoms with E-state index < -0.39 is 11.4 Å². The molecule has 1 fully saturated rings. The maximum Gasteiger partial charge on any atom is 0.311 e. The molecule has 1 aromatic rings. The summed E-state index contributed by atoms with van der Waals surface area (Å²) in [7, 11) is 0. The summed E-state index contributed by atoms with van der Waals surface area (Å²) in [4.78, 5) is 17.6. The number of pyridine rings is 1. The molecular weight excluding hydrogens is 284 g/mol. The molecule has 2 rings (SSSR count). The first-order valence-electron chi connectivity index (χ1n) is 5.53. The van der Waals surface area contributed by atoms with Crippen molar-refractivity contribution in [1.82, 2.24) is 4.98 Å². The lowest BCUT2D eigenvalue weighted by Crippen LogP contribution is -2.32. The third-order valence-electron chi connectivity index (χ3n) is 3.31. The van der Waals surface area contributed by atoms with Gasteiger partial charge in [0.2, 0.25) is 0 Å². The van der Waals surface area contributed by atoms with Gasteiger partial charge in [0.1, 0.15) is 5.82 Å². The second-order valence-corrected chi connectivity index (χ2v) is 5.75. The molecule has 0 spiro atoms. The standard InChI is InChI=1S/C12H15BrN2O2/c1-8-5-9(13)6-14-10(8)15-4-3-12(2,7-15)11(16)17/h5-6H,3-4,7H2,1-2H3,(H,16,17). The lowest BCUT2D eigenvalue weighted by atomic mass is 9.90. The number of halogens is 1. The summed E-state index contributed by atoms with van der Waals surface area (Å²) in [6.07, 6.45) is 2.41. The Labute approximate surface area is 109 Å². The molecule has 1 aliphatic heterocycles. The Hall–Kier alpha value is -1.10. The summed E-state index contributed by atoms with van der Waals surface area (Å²) in [5, 5.41) is 9.20. The number of nitrogens with zero attached hydrogens (tertiary/aromatic N) is 2. The van der Waals surface area contributed by atoms with Gasteiger partial charge in [-0.1, -0.05) is 0 Å². The highest BCUT2D eigenvalue weighted by atomic mass is 79.9. The van der Waals surface area contributed by atoms with Gasteiger partial charge in [0, 0.05) is 23.8 Å². The highest BCUT2D eigenvalue weighted by Crippen LogP contribution is 2.34. The molecule has 0 bridgehead atoms. The van der Waals surface area contributed by atoms with Crippen LogP contribution in [-0.2, 0) is 4.79 Å². The third-order valence-corrected chi connectivity index (χ3v) is 3.74. The molecule has 2 heterocycles. The fourth-order valence-corrected chi connectivity index (χ4v) is 2.63. The molecule has 0 radical (unpaired) electrons. The van der Waals surface area contributed by atoms with E-state index in [9.17, 15) is 9.90 Å². The first kappa shape index (κ1) is 12.4. The highest BCUT2D eigenvalue weighted by Gasteiger charge is 2.41. The lowest BCUT2D eigenvalue weighted by molar-refractivity contribution is -0.146. The first-order valence-corrected chi connectivity index (χ1v) is 6.32. The Morgan fingerprint density at radius 1 is 1.65 bits per heavy atom. The number of aryl methyl sites for hydroxylation is 1. The van der Waals surface area contributed by atoms with Crippen LogP contribution in [-0.4, -0.2) is 29.1 Å². The van der Waals surface area contributed by atoms with Gasteiger partial charge < -0.3 is 10.0 Å². The fraction of sp³-hybridized carbons (Fsp3) is 0.500. The van der Waals surface area contributed by atoms with Crippen molar-refractivity contribution < 1.29 is 9.90 Å². The molecule has 5 heteroatoms. The predicted molar refractivity (Wildman–Crippen MR) is 69.2 cm³/mol. The number of carboxylic acids is 1. The van der Waals surface area contributed by atoms with Crippen LogP contribution in [0.3, 0.4) is 0 Å². The molecule has 0 saturated carbocycles. The normalized spacial score (nSPS) is 24.1. The number of carbonyl (C=O) groups is 1. The number of aliphatic carboxylic acids is 1. The number of anilines is 1. The van der Waals surface area contributed by atoms with Crippen molar-refractivity contribution >= 4 is 27.7 Å². The Morgan fingerprint density at radius 2 is 2.35 bits per heavy atom. The van der Waals surface area contributed by atoms with Crippen molar-refractivity contribution in [3.05, 3.63) is 22.3 Å². The van der Waals surface area contributed by atoms with Crippen LogP contribution in [0.5, 0.6) is 0 Å². The van der Waals surface area contributed by atoms with Crippen molar-refractivity contribution in [2.24, 2.45) is 5.41 Å². The van der Waals surface area contributed by atoms with Gasteiger partial charge in [-0.25, -0.2) is 4.98 Å². The first-order chi connectivity index (χ1) is 7.92. The summed E-state index contributed by atoms with van der Waals surface area (Å²) < 4.78 is 0.943. The zero-order valence-corrected chi connectivity index (χ0v) is 11.5. The highest BCUT2D eigenvalue weighted by molar-refractivity contribution is 9.10. The van der Waals surface area contributed by atoms with Gasteiger partial charge in [0.05, 0.1) is 5.41 Å². The molecule has 1 N–H and O–H groups in total. The summed E-state index contributed by atoms with van der Waals surface area (Å²) in [5.74, 6) is 0.160. The van der Waals surface area contributed by atoms with E-state index in [2.05, 4.69) is 25.8 Å². The van der Waals surface area contributed by atoms with Gasteiger partial charge in [0.15, 0.2) is 0 Å². The minimum absolute atomic E-state index is 0.526. The fourth-order valence-electron chi connectivity index (χ4n) is 2.18. The number of carboxylic acid groups (broad SMARTS) is 1. The quantitative estimate of drug-likeness (QED) is 0.911. The Bertz CT molecular complexity index is 464. The van der Waals surface area contributed by atoms with Gasteiger partial charge in [-0.15, -0.1) is 0 Å². The van der Waals surface area contributed by atoms with Crippen LogP contribution < -0.4 is 4.90 Å². The monoisotopic (exact) mass is 298 g/mol. The molecule has 1 aromatic heterocycles. The van der Waals surface area contributed by atoms with Crippen LogP contribution in [0.25, 0.3) is 0 Å². The number of hydrogen-bond donors (Lipinski definition) is 1. The van der Waals surface area contributed by atoms with Gasteiger partial charge in [0.25, 0.3) is 0 Å². The number of rotatable bonds is 2. The second kappa shape index (κ2) is 4.29. The van der Waals surface area contributed by atoms with Crippen LogP contribution in [0.15, 0.2) is 16.7 Å². The molecule has 0 aromatic carbocycles. The second-order valence-electron chi connectivity index (χ2n) is 4.83. The molecule has 92 valence electrons. The van der Waals surface area contributed by atoms with E-state index in [0.29, 0.717) is 13.0 Å². The van der Waals surface area contributed by atoms with E-state index in [1.807, 2.05) is 13.0 Å². The van der Waals surface area contributed by atoms with Crippen LogP contribution in [0.4, 0.5) is 5.82 Å². The molecule has 1 aliphatic rings. The Balaban J connectivity index is 2.24. The predicted octanol–water partition coefficient (Wildman–Crippen LogP) is 2.45. The molecule has 0 aliphatic carbocycles. The average molecular weight is 299 g/mol. The van der Waals surface area contributed by atoms with Crippen molar-refractivity contribution in [2.75, 3.05) is 18.0 Å². The zero-order valence-electron chi connectivity index (χ0n) is 9.90. The molecule has 0 amide bonds. The van der Waals surface area contributed by atoms with Crippen molar-refractivity contribution in [3.63, 3.8) is 0 Å². The van der Waals surface area contributed by atoms with Crippen molar-refractivity contribution in [2.45, 2.75) is 20.3 Å². The van der Waals surface area contributed by atoms with Crippen LogP contribution in [0, 0.1) is 12.3 Å². The third kappa shape index (κ3) is 2.29. The minimum Gasteiger partial charge on any atom is -0.481 e. The van der Waals surface area contributed by atoms with Crippen LogP contribution in [0.2, 0.25) is 0 Å². The van der Waals surface area contributed by atoms with Crippen molar-refractivity contribution in [3.8, 4) is 0 Å². The van der Waals surface area contributed by atoms with Crippen LogP contribution >= 0.6 is 15.9 Å². The van der Waals surface area contributed by atoms with E-state index in [1.165, 1.54) is 0 Å². The molecule has 1 saturated heterocycles. The van der Waals surface area contributed by atoms with E-state index in [4.69, 9.17) is 0 Å². The average Bonchev–Trinajstić information content (AvgIpc) is 2.62. The zero-order chi connectivity index (χ0) is 12.6. The van der Waals surface area contributed by atoms with E-state index in [0.717, 1.165) is 22.4 Å². The summed E-state index contributed by atoms with van der Waals surface area (Å²) >= 11 is 3.38. The smallest absolute Gasteiger partial charge is 0.311 e. The van der Waals surface area contributed by atoms with E-state index >= 15 is 0 Å². The Kier molecular flexibility index (Phi) is 3.12. The molecule has 1 atom stereocenters. The summed E-state index contributed by atoms with van der Waals surface area (Å²) in [5.41, 5.74) is 0.412. The lowest BCUT2D eigenvalue weighted by Gasteiger charge is -2.22. The summed E-state index contributed by atoms with van der Waals surface area (Å²) in [6.45, 7) is 5.06. The SMILES string of the molecule is Cc1cc(Br)cnc1N1CCC(C)(C(=O)O)C1. The minimum atomic E-state index is -0.727. The number of hydrogen-bond acceptors (Lipinski definition) is 3. The molecular formula is C12H15BrN2O2. The molecule has 17 heavy (non-hydrogen) atoms. The van der Waals surface area contributed by atoms with Gasteiger partial charge in [-0.05, 0) is 47.8 Å². The van der Waals surface area contributed by atoms with Gasteiger partial charge >= 0.3 is 5.97 Å². The van der Waals surface area contributed by atoms with Crippen molar-refractivity contribution in [1.29, 1.82) is 0 Å². The molecule has 1 unspecified atom stereocenters. The van der Waals surface area contributed by atoms with Gasteiger partial charge in [-0.3, -0.25) is 4.79 Å². The molecule has 4 nitrogen and oxygen atoms in total. The maximum atomic E-state index is 11.2. The van der Waals surface area contributed by atoms with E-state index in [1.54, 1.807) is 13.1 Å². The summed E-state index contributed by atoms with van der Waals surface area (Å²) in [6, 6.07) is 2.00. The number of aromatic nitrogens is 1.